The van der Waals surface area contributed by atoms with Gasteiger partial charge in [-0.05, 0) is 45.4 Å². The molecule has 1 aromatic heterocycles. The van der Waals surface area contributed by atoms with Crippen molar-refractivity contribution in [3.63, 3.8) is 0 Å². The van der Waals surface area contributed by atoms with E-state index in [1.54, 1.807) is 0 Å². The zero-order chi connectivity index (χ0) is 18.5. The van der Waals surface area contributed by atoms with Gasteiger partial charge in [0.15, 0.2) is 0 Å². The number of hydrogen-bond acceptors (Lipinski definition) is 6. The highest BCUT2D eigenvalue weighted by atomic mass is 16.5. The van der Waals surface area contributed by atoms with Crippen LogP contribution in [-0.2, 0) is 12.8 Å². The maximum Gasteiger partial charge on any atom is 0.133 e. The molecule has 3 N–H and O–H groups in total. The first-order chi connectivity index (χ1) is 12.5. The standard InChI is InChI=1S/C20H28N4O2/c1-13-4-5-19(14(2)10-13)26-12-16(25)11-22-20-17-6-8-21-9-7-18(17)23-15(3)24-20/h4-5,10,16,21,25H,6-9,11-12H2,1-3H3,(H,22,23,24). The van der Waals surface area contributed by atoms with Crippen molar-refractivity contribution in [1.82, 2.24) is 15.3 Å². The first-order valence-corrected chi connectivity index (χ1v) is 9.22. The van der Waals surface area contributed by atoms with Crippen LogP contribution in [0, 0.1) is 20.8 Å². The number of nitrogens with zero attached hydrogens (tertiary/aromatic N) is 2. The predicted octanol–water partition coefficient (Wildman–Crippen LogP) is 1.94. The van der Waals surface area contributed by atoms with E-state index in [-0.39, 0.29) is 6.61 Å². The van der Waals surface area contributed by atoms with E-state index in [0.29, 0.717) is 6.54 Å². The molecule has 0 spiro atoms. The quantitative estimate of drug-likeness (QED) is 0.734. The molecule has 0 saturated carbocycles. The van der Waals surface area contributed by atoms with Crippen molar-refractivity contribution in [3.8, 4) is 5.75 Å². The molecule has 0 fully saturated rings. The molecule has 0 bridgehead atoms. The molecule has 1 aliphatic rings. The molecule has 0 radical (unpaired) electrons. The Morgan fingerprint density at radius 2 is 2.00 bits per heavy atom. The summed E-state index contributed by atoms with van der Waals surface area (Å²) in [7, 11) is 0. The van der Waals surface area contributed by atoms with Crippen LogP contribution < -0.4 is 15.4 Å². The second kappa shape index (κ2) is 8.47. The zero-order valence-corrected chi connectivity index (χ0v) is 15.8. The first kappa shape index (κ1) is 18.6. The molecule has 26 heavy (non-hydrogen) atoms. The number of rotatable bonds is 6. The van der Waals surface area contributed by atoms with Crippen molar-refractivity contribution < 1.29 is 9.84 Å². The Bertz CT molecular complexity index is 764. The largest absolute Gasteiger partial charge is 0.491 e. The minimum atomic E-state index is -0.620. The third-order valence-electron chi connectivity index (χ3n) is 4.56. The van der Waals surface area contributed by atoms with Gasteiger partial charge in [-0.3, -0.25) is 0 Å². The van der Waals surface area contributed by atoms with E-state index in [2.05, 4.69) is 33.6 Å². The lowest BCUT2D eigenvalue weighted by Crippen LogP contribution is -2.27. The Hall–Kier alpha value is -2.18. The van der Waals surface area contributed by atoms with Gasteiger partial charge in [0.2, 0.25) is 0 Å². The Kier molecular flexibility index (Phi) is 6.06. The fourth-order valence-corrected chi connectivity index (χ4v) is 3.24. The van der Waals surface area contributed by atoms with Gasteiger partial charge in [-0.1, -0.05) is 17.7 Å². The van der Waals surface area contributed by atoms with Crippen LogP contribution in [-0.4, -0.2) is 47.4 Å². The van der Waals surface area contributed by atoms with Crippen LogP contribution in [0.25, 0.3) is 0 Å². The van der Waals surface area contributed by atoms with Crippen molar-refractivity contribution in [1.29, 1.82) is 0 Å². The fraction of sp³-hybridized carbons (Fsp3) is 0.500. The van der Waals surface area contributed by atoms with Gasteiger partial charge in [0, 0.05) is 25.1 Å². The van der Waals surface area contributed by atoms with E-state index in [4.69, 9.17) is 4.74 Å². The van der Waals surface area contributed by atoms with Gasteiger partial charge in [-0.25, -0.2) is 9.97 Å². The van der Waals surface area contributed by atoms with Crippen molar-refractivity contribution in [2.24, 2.45) is 0 Å². The van der Waals surface area contributed by atoms with Gasteiger partial charge in [0.05, 0.1) is 5.69 Å². The first-order valence-electron chi connectivity index (χ1n) is 9.22. The molecule has 140 valence electrons. The second-order valence-electron chi connectivity index (χ2n) is 6.91. The van der Waals surface area contributed by atoms with Crippen LogP contribution in [0.3, 0.4) is 0 Å². The summed E-state index contributed by atoms with van der Waals surface area (Å²) in [5, 5.41) is 17.0. The lowest BCUT2D eigenvalue weighted by molar-refractivity contribution is 0.117. The number of ether oxygens (including phenoxy) is 1. The van der Waals surface area contributed by atoms with Crippen LogP contribution in [0.5, 0.6) is 5.75 Å². The minimum absolute atomic E-state index is 0.241. The average molecular weight is 356 g/mol. The molecule has 2 aromatic rings. The Labute approximate surface area is 155 Å². The highest BCUT2D eigenvalue weighted by molar-refractivity contribution is 5.47. The maximum absolute atomic E-state index is 10.3. The van der Waals surface area contributed by atoms with Crippen LogP contribution in [0.1, 0.15) is 28.2 Å². The number of hydrogen-bond donors (Lipinski definition) is 3. The van der Waals surface area contributed by atoms with Crippen molar-refractivity contribution in [2.45, 2.75) is 39.7 Å². The Morgan fingerprint density at radius 3 is 2.81 bits per heavy atom. The third-order valence-corrected chi connectivity index (χ3v) is 4.56. The molecule has 2 heterocycles. The average Bonchev–Trinajstić information content (AvgIpc) is 2.84. The summed E-state index contributed by atoms with van der Waals surface area (Å²) in [6, 6.07) is 6.04. The molecule has 0 saturated heterocycles. The molecule has 0 amide bonds. The summed E-state index contributed by atoms with van der Waals surface area (Å²) in [6.45, 7) is 8.47. The molecule has 1 atom stereocenters. The smallest absolute Gasteiger partial charge is 0.133 e. The molecule has 1 unspecified atom stereocenters. The Balaban J connectivity index is 1.59. The molecule has 0 aliphatic carbocycles. The highest BCUT2D eigenvalue weighted by Crippen LogP contribution is 2.20. The minimum Gasteiger partial charge on any atom is -0.491 e. The fourth-order valence-electron chi connectivity index (χ4n) is 3.24. The van der Waals surface area contributed by atoms with E-state index in [1.165, 1.54) is 5.56 Å². The number of anilines is 1. The number of aliphatic hydroxyl groups excluding tert-OH is 1. The molecule has 3 rings (SSSR count). The van der Waals surface area contributed by atoms with Crippen molar-refractivity contribution in [3.05, 3.63) is 46.4 Å². The topological polar surface area (TPSA) is 79.3 Å². The SMILES string of the molecule is Cc1ccc(OCC(O)CNc2nc(C)nc3c2CCNCC3)c(C)c1. The van der Waals surface area contributed by atoms with Gasteiger partial charge in [-0.15, -0.1) is 0 Å². The summed E-state index contributed by atoms with van der Waals surface area (Å²) in [5.74, 6) is 2.41. The van der Waals surface area contributed by atoms with E-state index >= 15 is 0 Å². The zero-order valence-electron chi connectivity index (χ0n) is 15.8. The summed E-state index contributed by atoms with van der Waals surface area (Å²) in [5.41, 5.74) is 4.54. The monoisotopic (exact) mass is 356 g/mol. The number of benzene rings is 1. The molecule has 1 aromatic carbocycles. The van der Waals surface area contributed by atoms with Gasteiger partial charge in [0.25, 0.3) is 0 Å². The molecule has 6 nitrogen and oxygen atoms in total. The van der Waals surface area contributed by atoms with Crippen molar-refractivity contribution in [2.75, 3.05) is 31.6 Å². The van der Waals surface area contributed by atoms with Gasteiger partial charge < -0.3 is 20.5 Å². The molecule has 6 heteroatoms. The predicted molar refractivity (Wildman–Crippen MR) is 103 cm³/mol. The number of fused-ring (bicyclic) bond motifs is 1. The van der Waals surface area contributed by atoms with Crippen LogP contribution in [0.15, 0.2) is 18.2 Å². The highest BCUT2D eigenvalue weighted by Gasteiger charge is 2.16. The van der Waals surface area contributed by atoms with E-state index in [1.807, 2.05) is 26.0 Å². The van der Waals surface area contributed by atoms with Crippen LogP contribution >= 0.6 is 0 Å². The summed E-state index contributed by atoms with van der Waals surface area (Å²) >= 11 is 0. The molecular formula is C20H28N4O2. The number of aromatic nitrogens is 2. The summed E-state index contributed by atoms with van der Waals surface area (Å²) in [6.07, 6.45) is 1.18. The number of aliphatic hydroxyl groups is 1. The summed E-state index contributed by atoms with van der Waals surface area (Å²) in [4.78, 5) is 9.12. The normalized spacial score (nSPS) is 15.1. The van der Waals surface area contributed by atoms with E-state index in [0.717, 1.165) is 60.1 Å². The van der Waals surface area contributed by atoms with Crippen molar-refractivity contribution >= 4 is 5.82 Å². The molecular weight excluding hydrogens is 328 g/mol. The lowest BCUT2D eigenvalue weighted by atomic mass is 10.1. The Morgan fingerprint density at radius 1 is 1.19 bits per heavy atom. The van der Waals surface area contributed by atoms with Gasteiger partial charge in [-0.2, -0.15) is 0 Å². The lowest BCUT2D eigenvalue weighted by Gasteiger charge is -2.17. The van der Waals surface area contributed by atoms with Gasteiger partial charge in [0.1, 0.15) is 30.1 Å². The maximum atomic E-state index is 10.3. The second-order valence-corrected chi connectivity index (χ2v) is 6.91. The number of nitrogens with one attached hydrogen (secondary N) is 2. The third kappa shape index (κ3) is 4.71. The number of aryl methyl sites for hydroxylation is 3. The van der Waals surface area contributed by atoms with Crippen LogP contribution in [0.4, 0.5) is 5.82 Å². The van der Waals surface area contributed by atoms with E-state index in [9.17, 15) is 5.11 Å². The molecule has 1 aliphatic heterocycles. The van der Waals surface area contributed by atoms with Crippen LogP contribution in [0.2, 0.25) is 0 Å². The van der Waals surface area contributed by atoms with E-state index < -0.39 is 6.10 Å². The summed E-state index contributed by atoms with van der Waals surface area (Å²) < 4.78 is 5.77. The van der Waals surface area contributed by atoms with Gasteiger partial charge >= 0.3 is 0 Å².